The van der Waals surface area contributed by atoms with Gasteiger partial charge in [-0.25, -0.2) is 0 Å². The van der Waals surface area contributed by atoms with Gasteiger partial charge in [0.1, 0.15) is 0 Å². The predicted molar refractivity (Wildman–Crippen MR) is 74.1 cm³/mol. The minimum atomic E-state index is -0.165. The summed E-state index contributed by atoms with van der Waals surface area (Å²) in [5.41, 5.74) is 0. The van der Waals surface area contributed by atoms with Gasteiger partial charge in [0, 0.05) is 6.04 Å². The molecule has 0 aromatic heterocycles. The molecule has 0 spiro atoms. The van der Waals surface area contributed by atoms with Gasteiger partial charge in [0.2, 0.25) is 0 Å². The third kappa shape index (κ3) is 5.87. The van der Waals surface area contributed by atoms with Crippen LogP contribution in [0.1, 0.15) is 65.7 Å². The molecule has 0 heterocycles. The quantitative estimate of drug-likeness (QED) is 0.716. The van der Waals surface area contributed by atoms with Crippen LogP contribution in [0.2, 0.25) is 0 Å². The van der Waals surface area contributed by atoms with Crippen LogP contribution in [0.15, 0.2) is 0 Å². The lowest BCUT2D eigenvalue weighted by Gasteiger charge is -2.31. The SMILES string of the molecule is CCC(NCC(C)CC(C)O)C1CCCCC1. The first-order valence-electron chi connectivity index (χ1n) is 7.55. The second-order valence-corrected chi connectivity index (χ2v) is 6.01. The standard InChI is InChI=1S/C15H31NO/c1-4-15(14-8-6-5-7-9-14)16-11-12(2)10-13(3)17/h12-17H,4-11H2,1-3H3. The second kappa shape index (κ2) is 8.10. The summed E-state index contributed by atoms with van der Waals surface area (Å²) < 4.78 is 0. The van der Waals surface area contributed by atoms with Crippen molar-refractivity contribution in [3.8, 4) is 0 Å². The van der Waals surface area contributed by atoms with Gasteiger partial charge in [-0.1, -0.05) is 33.1 Å². The van der Waals surface area contributed by atoms with Gasteiger partial charge in [0.25, 0.3) is 0 Å². The Bertz CT molecular complexity index is 187. The maximum atomic E-state index is 9.37. The molecule has 2 heteroatoms. The summed E-state index contributed by atoms with van der Waals surface area (Å²) in [7, 11) is 0. The summed E-state index contributed by atoms with van der Waals surface area (Å²) in [5, 5.41) is 13.1. The summed E-state index contributed by atoms with van der Waals surface area (Å²) >= 11 is 0. The first-order valence-corrected chi connectivity index (χ1v) is 7.55. The van der Waals surface area contributed by atoms with Crippen LogP contribution in [-0.4, -0.2) is 23.8 Å². The zero-order valence-corrected chi connectivity index (χ0v) is 11.9. The molecule has 0 aromatic carbocycles. The van der Waals surface area contributed by atoms with E-state index in [1.807, 2.05) is 6.92 Å². The fraction of sp³-hybridized carbons (Fsp3) is 1.00. The van der Waals surface area contributed by atoms with Crippen LogP contribution < -0.4 is 5.32 Å². The molecule has 102 valence electrons. The van der Waals surface area contributed by atoms with E-state index in [4.69, 9.17) is 0 Å². The van der Waals surface area contributed by atoms with E-state index < -0.39 is 0 Å². The molecule has 17 heavy (non-hydrogen) atoms. The summed E-state index contributed by atoms with van der Waals surface area (Å²) in [6.45, 7) is 7.47. The van der Waals surface area contributed by atoms with Gasteiger partial charge in [-0.15, -0.1) is 0 Å². The van der Waals surface area contributed by atoms with Crippen LogP contribution in [0.25, 0.3) is 0 Å². The van der Waals surface area contributed by atoms with Gasteiger partial charge < -0.3 is 10.4 Å². The number of hydrogen-bond acceptors (Lipinski definition) is 2. The Kier molecular flexibility index (Phi) is 7.14. The largest absolute Gasteiger partial charge is 0.393 e. The van der Waals surface area contributed by atoms with Crippen molar-refractivity contribution in [1.29, 1.82) is 0 Å². The van der Waals surface area contributed by atoms with Gasteiger partial charge in [-0.3, -0.25) is 0 Å². The lowest BCUT2D eigenvalue weighted by Crippen LogP contribution is -2.39. The highest BCUT2D eigenvalue weighted by Crippen LogP contribution is 2.27. The topological polar surface area (TPSA) is 32.3 Å². The lowest BCUT2D eigenvalue weighted by atomic mass is 9.82. The van der Waals surface area contributed by atoms with Gasteiger partial charge in [-0.05, 0) is 51.0 Å². The van der Waals surface area contributed by atoms with Crippen molar-refractivity contribution >= 4 is 0 Å². The fourth-order valence-electron chi connectivity index (χ4n) is 3.20. The van der Waals surface area contributed by atoms with Crippen LogP contribution in [0.3, 0.4) is 0 Å². The molecule has 0 saturated heterocycles. The normalized spacial score (nSPS) is 23.3. The Labute approximate surface area is 107 Å². The lowest BCUT2D eigenvalue weighted by molar-refractivity contribution is 0.159. The molecule has 1 aliphatic carbocycles. The van der Waals surface area contributed by atoms with Crippen LogP contribution in [-0.2, 0) is 0 Å². The number of hydrogen-bond donors (Lipinski definition) is 2. The summed E-state index contributed by atoms with van der Waals surface area (Å²) in [6, 6.07) is 0.701. The van der Waals surface area contributed by atoms with E-state index in [1.54, 1.807) is 0 Å². The predicted octanol–water partition coefficient (Wildman–Crippen LogP) is 3.34. The molecule has 1 aliphatic rings. The molecular weight excluding hydrogens is 210 g/mol. The molecule has 1 rings (SSSR count). The van der Waals surface area contributed by atoms with Crippen molar-refractivity contribution < 1.29 is 5.11 Å². The second-order valence-electron chi connectivity index (χ2n) is 6.01. The van der Waals surface area contributed by atoms with Crippen molar-refractivity contribution in [1.82, 2.24) is 5.32 Å². The molecule has 1 fully saturated rings. The highest BCUT2D eigenvalue weighted by molar-refractivity contribution is 4.79. The average molecular weight is 241 g/mol. The van der Waals surface area contributed by atoms with Gasteiger partial charge in [0.05, 0.1) is 6.10 Å². The number of nitrogens with one attached hydrogen (secondary N) is 1. The summed E-state index contributed by atoms with van der Waals surface area (Å²) in [4.78, 5) is 0. The average Bonchev–Trinajstić information content (AvgIpc) is 2.30. The Morgan fingerprint density at radius 1 is 1.18 bits per heavy atom. The molecular formula is C15H31NO. The van der Waals surface area contributed by atoms with E-state index in [2.05, 4.69) is 19.2 Å². The third-order valence-corrected chi connectivity index (χ3v) is 4.13. The van der Waals surface area contributed by atoms with Crippen LogP contribution in [0, 0.1) is 11.8 Å². The van der Waals surface area contributed by atoms with Crippen molar-refractivity contribution in [3.05, 3.63) is 0 Å². The smallest absolute Gasteiger partial charge is 0.0515 e. The van der Waals surface area contributed by atoms with E-state index in [0.29, 0.717) is 12.0 Å². The molecule has 2 nitrogen and oxygen atoms in total. The third-order valence-electron chi connectivity index (χ3n) is 4.13. The maximum absolute atomic E-state index is 9.37. The van der Waals surface area contributed by atoms with E-state index in [0.717, 1.165) is 18.9 Å². The Morgan fingerprint density at radius 2 is 1.82 bits per heavy atom. The monoisotopic (exact) mass is 241 g/mol. The highest BCUT2D eigenvalue weighted by atomic mass is 16.3. The Hall–Kier alpha value is -0.0800. The number of aliphatic hydroxyl groups excluding tert-OH is 1. The molecule has 0 radical (unpaired) electrons. The minimum Gasteiger partial charge on any atom is -0.393 e. The molecule has 1 saturated carbocycles. The van der Waals surface area contributed by atoms with Crippen molar-refractivity contribution in [2.45, 2.75) is 77.9 Å². The molecule has 0 aromatic rings. The van der Waals surface area contributed by atoms with Gasteiger partial charge in [-0.2, -0.15) is 0 Å². The zero-order valence-electron chi connectivity index (χ0n) is 11.9. The number of rotatable bonds is 7. The maximum Gasteiger partial charge on any atom is 0.0515 e. The van der Waals surface area contributed by atoms with Crippen LogP contribution in [0.5, 0.6) is 0 Å². The van der Waals surface area contributed by atoms with E-state index >= 15 is 0 Å². The summed E-state index contributed by atoms with van der Waals surface area (Å²) in [6.07, 6.45) is 9.09. The summed E-state index contributed by atoms with van der Waals surface area (Å²) in [5.74, 6) is 1.47. The number of aliphatic hydroxyl groups is 1. The minimum absolute atomic E-state index is 0.165. The molecule has 0 aliphatic heterocycles. The highest BCUT2D eigenvalue weighted by Gasteiger charge is 2.22. The van der Waals surface area contributed by atoms with E-state index in [9.17, 15) is 5.11 Å². The van der Waals surface area contributed by atoms with Crippen molar-refractivity contribution in [2.75, 3.05) is 6.54 Å². The molecule has 0 amide bonds. The first-order chi connectivity index (χ1) is 8.13. The first kappa shape index (κ1) is 15.0. The molecule has 0 bridgehead atoms. The van der Waals surface area contributed by atoms with Gasteiger partial charge in [0.15, 0.2) is 0 Å². The van der Waals surface area contributed by atoms with Crippen LogP contribution >= 0.6 is 0 Å². The van der Waals surface area contributed by atoms with E-state index in [-0.39, 0.29) is 6.10 Å². The van der Waals surface area contributed by atoms with Gasteiger partial charge >= 0.3 is 0 Å². The Morgan fingerprint density at radius 3 is 2.35 bits per heavy atom. The molecule has 3 unspecified atom stereocenters. The van der Waals surface area contributed by atoms with Crippen molar-refractivity contribution in [2.24, 2.45) is 11.8 Å². The van der Waals surface area contributed by atoms with E-state index in [1.165, 1.54) is 38.5 Å². The molecule has 2 N–H and O–H groups in total. The Balaban J connectivity index is 2.25. The fourth-order valence-corrected chi connectivity index (χ4v) is 3.20. The molecule has 3 atom stereocenters. The van der Waals surface area contributed by atoms with Crippen molar-refractivity contribution in [3.63, 3.8) is 0 Å². The van der Waals surface area contributed by atoms with Crippen LogP contribution in [0.4, 0.5) is 0 Å². The zero-order chi connectivity index (χ0) is 12.7.